The molecule has 2 aromatic carbocycles. The fourth-order valence-corrected chi connectivity index (χ4v) is 1.92. The molecule has 0 amide bonds. The van der Waals surface area contributed by atoms with Gasteiger partial charge in [0.2, 0.25) is 0 Å². The van der Waals surface area contributed by atoms with Crippen LogP contribution >= 0.6 is 11.6 Å². The summed E-state index contributed by atoms with van der Waals surface area (Å²) in [5, 5.41) is 8.89. The summed E-state index contributed by atoms with van der Waals surface area (Å²) >= 11 is 5.92. The third-order valence-electron chi connectivity index (χ3n) is 2.72. The molecule has 0 fully saturated rings. The van der Waals surface area contributed by atoms with Crippen molar-refractivity contribution in [1.29, 1.82) is 0 Å². The highest BCUT2D eigenvalue weighted by molar-refractivity contribution is 6.31. The fourth-order valence-electron chi connectivity index (χ4n) is 1.70. The lowest BCUT2D eigenvalue weighted by Gasteiger charge is -2.09. The van der Waals surface area contributed by atoms with Crippen LogP contribution in [0.5, 0.6) is 5.75 Å². The highest BCUT2D eigenvalue weighted by atomic mass is 35.5. The third kappa shape index (κ3) is 4.33. The van der Waals surface area contributed by atoms with Crippen LogP contribution < -0.4 is 4.74 Å². The van der Waals surface area contributed by atoms with E-state index in [4.69, 9.17) is 21.4 Å². The van der Waals surface area contributed by atoms with Crippen molar-refractivity contribution in [3.05, 3.63) is 70.5 Å². The Balaban J connectivity index is 2.10. The highest BCUT2D eigenvalue weighted by Gasteiger charge is 2.07. The second-order valence-electron chi connectivity index (χ2n) is 4.23. The number of halogens is 2. The maximum Gasteiger partial charge on any atom is 0.328 e. The van der Waals surface area contributed by atoms with Crippen LogP contribution in [0.3, 0.4) is 0 Å². The van der Waals surface area contributed by atoms with Gasteiger partial charge in [-0.25, -0.2) is 9.18 Å². The first-order valence-corrected chi connectivity index (χ1v) is 6.51. The lowest BCUT2D eigenvalue weighted by molar-refractivity contribution is -0.131. The Bertz CT molecular complexity index is 663. The molecule has 0 atom stereocenters. The van der Waals surface area contributed by atoms with Crippen LogP contribution in [0.15, 0.2) is 48.5 Å². The molecule has 2 rings (SSSR count). The smallest absolute Gasteiger partial charge is 0.328 e. The van der Waals surface area contributed by atoms with Crippen LogP contribution in [-0.4, -0.2) is 11.1 Å². The van der Waals surface area contributed by atoms with Crippen molar-refractivity contribution in [2.24, 2.45) is 0 Å². The standard InChI is InChI=1S/C16H12ClFO3/c17-14-5-2-6-15(18)13(14)10-21-12-4-1-3-11(9-12)7-8-16(19)20/h1-9H,10H2,(H,19,20)/b8-7+. The van der Waals surface area contributed by atoms with Crippen LogP contribution in [-0.2, 0) is 11.4 Å². The van der Waals surface area contributed by atoms with Crippen molar-refractivity contribution in [2.45, 2.75) is 6.61 Å². The first-order valence-electron chi connectivity index (χ1n) is 6.13. The topological polar surface area (TPSA) is 46.5 Å². The quantitative estimate of drug-likeness (QED) is 0.844. The van der Waals surface area contributed by atoms with Gasteiger partial charge < -0.3 is 9.84 Å². The maximum atomic E-state index is 13.6. The molecule has 2 aromatic rings. The van der Waals surface area contributed by atoms with E-state index in [1.54, 1.807) is 30.3 Å². The number of ether oxygens (including phenoxy) is 1. The zero-order chi connectivity index (χ0) is 15.2. The second-order valence-corrected chi connectivity index (χ2v) is 4.64. The molecule has 0 aliphatic heterocycles. The molecule has 0 radical (unpaired) electrons. The van der Waals surface area contributed by atoms with Crippen LogP contribution in [0, 0.1) is 5.82 Å². The van der Waals surface area contributed by atoms with Crippen molar-refractivity contribution in [3.63, 3.8) is 0 Å². The zero-order valence-electron chi connectivity index (χ0n) is 10.9. The highest BCUT2D eigenvalue weighted by Crippen LogP contribution is 2.22. The van der Waals surface area contributed by atoms with Gasteiger partial charge in [0.25, 0.3) is 0 Å². The molecule has 5 heteroatoms. The second kappa shape index (κ2) is 6.90. The molecule has 0 heterocycles. The fraction of sp³-hybridized carbons (Fsp3) is 0.0625. The van der Waals surface area contributed by atoms with Gasteiger partial charge in [-0.1, -0.05) is 29.8 Å². The van der Waals surface area contributed by atoms with Gasteiger partial charge in [-0.3, -0.25) is 0 Å². The number of rotatable bonds is 5. The number of hydrogen-bond donors (Lipinski definition) is 1. The maximum absolute atomic E-state index is 13.6. The van der Waals surface area contributed by atoms with E-state index in [1.807, 2.05) is 0 Å². The van der Waals surface area contributed by atoms with Gasteiger partial charge in [0.05, 0.1) is 5.02 Å². The van der Waals surface area contributed by atoms with Crippen molar-refractivity contribution in [3.8, 4) is 5.75 Å². The van der Waals surface area contributed by atoms with Gasteiger partial charge in [-0.2, -0.15) is 0 Å². The summed E-state index contributed by atoms with van der Waals surface area (Å²) in [4.78, 5) is 10.5. The van der Waals surface area contributed by atoms with Gasteiger partial charge in [-0.05, 0) is 35.9 Å². The number of carboxylic acid groups (broad SMARTS) is 1. The molecule has 0 aliphatic carbocycles. The van der Waals surface area contributed by atoms with Crippen LogP contribution in [0.4, 0.5) is 4.39 Å². The summed E-state index contributed by atoms with van der Waals surface area (Å²) < 4.78 is 19.1. The first kappa shape index (κ1) is 15.1. The van der Waals surface area contributed by atoms with Crippen molar-refractivity contribution in [2.75, 3.05) is 0 Å². The van der Waals surface area contributed by atoms with E-state index >= 15 is 0 Å². The summed E-state index contributed by atoms with van der Waals surface area (Å²) in [7, 11) is 0. The number of benzene rings is 2. The van der Waals surface area contributed by atoms with E-state index in [0.29, 0.717) is 16.3 Å². The van der Waals surface area contributed by atoms with Crippen molar-refractivity contribution in [1.82, 2.24) is 0 Å². The average molecular weight is 307 g/mol. The van der Waals surface area contributed by atoms with E-state index in [1.165, 1.54) is 18.2 Å². The molecule has 0 unspecified atom stereocenters. The molecule has 1 N–H and O–H groups in total. The van der Waals surface area contributed by atoms with Crippen LogP contribution in [0.25, 0.3) is 6.08 Å². The molecule has 0 aromatic heterocycles. The Morgan fingerprint density at radius 2 is 2.05 bits per heavy atom. The van der Waals surface area contributed by atoms with Crippen molar-refractivity contribution >= 4 is 23.6 Å². The first-order chi connectivity index (χ1) is 10.1. The van der Waals surface area contributed by atoms with Crippen LogP contribution in [0.1, 0.15) is 11.1 Å². The summed E-state index contributed by atoms with van der Waals surface area (Å²) in [5.74, 6) is -0.953. The number of carboxylic acids is 1. The number of hydrogen-bond acceptors (Lipinski definition) is 2. The van der Waals surface area contributed by atoms with Gasteiger partial charge in [0.1, 0.15) is 18.2 Å². The molecule has 0 saturated heterocycles. The van der Waals surface area contributed by atoms with Gasteiger partial charge in [-0.15, -0.1) is 0 Å². The minimum Gasteiger partial charge on any atom is -0.489 e. The summed E-state index contributed by atoms with van der Waals surface area (Å²) in [6, 6.07) is 11.3. The molecular weight excluding hydrogens is 295 g/mol. The predicted octanol–water partition coefficient (Wildman–Crippen LogP) is 4.16. The number of aliphatic carboxylic acids is 1. The Labute approximate surface area is 126 Å². The molecule has 21 heavy (non-hydrogen) atoms. The lowest BCUT2D eigenvalue weighted by atomic mass is 10.2. The molecule has 3 nitrogen and oxygen atoms in total. The van der Waals surface area contributed by atoms with E-state index in [2.05, 4.69) is 0 Å². The SMILES string of the molecule is O=C(O)/C=C/c1cccc(OCc2c(F)cccc2Cl)c1. The molecule has 0 aliphatic rings. The number of carbonyl (C=O) groups is 1. The van der Waals surface area contributed by atoms with E-state index in [-0.39, 0.29) is 12.2 Å². The average Bonchev–Trinajstić information content (AvgIpc) is 2.45. The van der Waals surface area contributed by atoms with Crippen molar-refractivity contribution < 1.29 is 19.0 Å². The molecule has 0 spiro atoms. The molecule has 108 valence electrons. The van der Waals surface area contributed by atoms with E-state index < -0.39 is 11.8 Å². The zero-order valence-corrected chi connectivity index (χ0v) is 11.7. The minimum absolute atomic E-state index is 0.00238. The minimum atomic E-state index is -1.03. The lowest BCUT2D eigenvalue weighted by Crippen LogP contribution is -1.99. The van der Waals surface area contributed by atoms with E-state index in [0.717, 1.165) is 6.08 Å². The molecular formula is C16H12ClFO3. The Hall–Kier alpha value is -2.33. The van der Waals surface area contributed by atoms with Gasteiger partial charge in [0, 0.05) is 11.6 Å². The van der Waals surface area contributed by atoms with Gasteiger partial charge in [0.15, 0.2) is 0 Å². The Morgan fingerprint density at radius 1 is 1.29 bits per heavy atom. The van der Waals surface area contributed by atoms with E-state index in [9.17, 15) is 9.18 Å². The normalized spacial score (nSPS) is 10.8. The Kier molecular flexibility index (Phi) is 4.95. The largest absolute Gasteiger partial charge is 0.489 e. The summed E-state index contributed by atoms with van der Waals surface area (Å²) in [6.45, 7) is -0.00238. The summed E-state index contributed by atoms with van der Waals surface area (Å²) in [5.41, 5.74) is 0.958. The van der Waals surface area contributed by atoms with Crippen LogP contribution in [0.2, 0.25) is 5.02 Å². The molecule has 0 bridgehead atoms. The predicted molar refractivity (Wildman–Crippen MR) is 78.9 cm³/mol. The monoisotopic (exact) mass is 306 g/mol. The Morgan fingerprint density at radius 3 is 2.76 bits per heavy atom. The summed E-state index contributed by atoms with van der Waals surface area (Å²) in [6.07, 6.45) is 2.48. The third-order valence-corrected chi connectivity index (χ3v) is 3.08. The van der Waals surface area contributed by atoms with Gasteiger partial charge >= 0.3 is 5.97 Å². The molecule has 0 saturated carbocycles.